The van der Waals surface area contributed by atoms with Gasteiger partial charge in [0, 0.05) is 54.6 Å². The predicted octanol–water partition coefficient (Wildman–Crippen LogP) is 5.08. The molecule has 1 aromatic carbocycles. The summed E-state index contributed by atoms with van der Waals surface area (Å²) in [5, 5.41) is 0.685. The predicted molar refractivity (Wildman–Crippen MR) is 139 cm³/mol. The van der Waals surface area contributed by atoms with Gasteiger partial charge in [0.2, 0.25) is 5.88 Å². The third-order valence-electron chi connectivity index (χ3n) is 7.54. The van der Waals surface area contributed by atoms with E-state index in [1.165, 1.54) is 19.2 Å². The van der Waals surface area contributed by atoms with Gasteiger partial charge in [-0.25, -0.2) is 14.4 Å². The lowest BCUT2D eigenvalue weighted by molar-refractivity contribution is 0.0536. The number of piperidine rings is 1. The molecule has 3 aromatic heterocycles. The van der Waals surface area contributed by atoms with Gasteiger partial charge in [-0.2, -0.15) is 0 Å². The highest BCUT2D eigenvalue weighted by molar-refractivity contribution is 6.30. The fourth-order valence-corrected chi connectivity index (χ4v) is 5.74. The van der Waals surface area contributed by atoms with E-state index in [1.54, 1.807) is 0 Å². The number of halogens is 2. The Morgan fingerprint density at radius 3 is 2.68 bits per heavy atom. The van der Waals surface area contributed by atoms with Gasteiger partial charge in [-0.05, 0) is 49.6 Å². The summed E-state index contributed by atoms with van der Waals surface area (Å²) >= 11 is 6.14. The minimum atomic E-state index is -0.624. The van der Waals surface area contributed by atoms with Gasteiger partial charge in [0.1, 0.15) is 5.65 Å². The number of methoxy groups -OCH3 is 1. The highest BCUT2D eigenvalue weighted by Crippen LogP contribution is 2.33. The Balaban J connectivity index is 1.30. The molecule has 0 aliphatic carbocycles. The van der Waals surface area contributed by atoms with Crippen LogP contribution in [-0.2, 0) is 6.54 Å². The molecule has 4 aromatic rings. The number of aromatic nitrogens is 3. The molecule has 6 heterocycles. The van der Waals surface area contributed by atoms with Crippen molar-refractivity contribution in [3.63, 3.8) is 0 Å². The summed E-state index contributed by atoms with van der Waals surface area (Å²) in [6, 6.07) is 16.6. The summed E-state index contributed by atoms with van der Waals surface area (Å²) in [6.07, 6.45) is 4.73. The van der Waals surface area contributed by atoms with Crippen LogP contribution in [0.2, 0.25) is 5.02 Å². The molecule has 2 atom stereocenters. The van der Waals surface area contributed by atoms with Crippen LogP contribution in [0.25, 0.3) is 16.9 Å². The molecule has 0 radical (unpaired) electrons. The molecule has 7 rings (SSSR count). The van der Waals surface area contributed by atoms with Crippen LogP contribution >= 0.6 is 11.6 Å². The van der Waals surface area contributed by atoms with E-state index in [1.807, 2.05) is 53.6 Å². The summed E-state index contributed by atoms with van der Waals surface area (Å²) in [6.45, 7) is 2.07. The lowest BCUT2D eigenvalue weighted by atomic mass is 9.98. The largest absolute Gasteiger partial charge is 0.481 e. The first-order valence-electron chi connectivity index (χ1n) is 12.5. The maximum absolute atomic E-state index is 14.6. The van der Waals surface area contributed by atoms with Crippen molar-refractivity contribution < 1.29 is 13.9 Å². The Bertz CT molecular complexity index is 1460. The van der Waals surface area contributed by atoms with E-state index >= 15 is 0 Å². The summed E-state index contributed by atoms with van der Waals surface area (Å²) in [5.41, 5.74) is 3.75. The van der Waals surface area contributed by atoms with Crippen LogP contribution in [0.4, 0.5) is 4.39 Å². The topological polar surface area (TPSA) is 63.0 Å². The van der Waals surface area contributed by atoms with Crippen molar-refractivity contribution >= 4 is 23.2 Å². The molecule has 7 nitrogen and oxygen atoms in total. The number of amides is 1. The number of carbonyl (C=O) groups excluding carboxylic acids is 1. The SMILES string of the molecule is COc1ccc(F)c(C(=O)N2C[C@@H]3CC[C@H]2CCN3Cc2c(-c3ccc(Cl)cc3)nc3ccccn23)n1. The second-order valence-electron chi connectivity index (χ2n) is 9.63. The molecule has 190 valence electrons. The molecule has 37 heavy (non-hydrogen) atoms. The van der Waals surface area contributed by atoms with Gasteiger partial charge in [0.05, 0.1) is 18.5 Å². The monoisotopic (exact) mass is 519 g/mol. The molecule has 1 amide bonds. The van der Waals surface area contributed by atoms with Gasteiger partial charge in [0.25, 0.3) is 5.91 Å². The zero-order chi connectivity index (χ0) is 25.5. The Labute approximate surface area is 219 Å². The number of hydrogen-bond acceptors (Lipinski definition) is 5. The van der Waals surface area contributed by atoms with Crippen molar-refractivity contribution in [2.24, 2.45) is 0 Å². The molecule has 3 saturated heterocycles. The van der Waals surface area contributed by atoms with Crippen LogP contribution in [0.3, 0.4) is 0 Å². The van der Waals surface area contributed by atoms with Gasteiger partial charge in [-0.1, -0.05) is 29.8 Å². The number of nitrogens with zero attached hydrogens (tertiary/aromatic N) is 5. The average Bonchev–Trinajstić information content (AvgIpc) is 3.05. The minimum absolute atomic E-state index is 0.0547. The lowest BCUT2D eigenvalue weighted by Crippen LogP contribution is -2.50. The Morgan fingerprint density at radius 1 is 1.05 bits per heavy atom. The van der Waals surface area contributed by atoms with Gasteiger partial charge in [-0.3, -0.25) is 9.69 Å². The van der Waals surface area contributed by atoms with E-state index < -0.39 is 5.82 Å². The molecule has 3 fully saturated rings. The number of imidazole rings is 1. The highest BCUT2D eigenvalue weighted by Gasteiger charge is 2.39. The summed E-state index contributed by atoms with van der Waals surface area (Å²) in [4.78, 5) is 26.7. The van der Waals surface area contributed by atoms with Crippen molar-refractivity contribution in [3.05, 3.63) is 83.0 Å². The maximum Gasteiger partial charge on any atom is 0.275 e. The van der Waals surface area contributed by atoms with E-state index in [0.717, 1.165) is 48.4 Å². The quantitative estimate of drug-likeness (QED) is 0.368. The Hall–Kier alpha value is -3.49. The van der Waals surface area contributed by atoms with Crippen molar-refractivity contribution in [1.29, 1.82) is 0 Å². The molecule has 3 aliphatic rings. The number of rotatable bonds is 5. The van der Waals surface area contributed by atoms with E-state index in [-0.39, 0.29) is 29.6 Å². The first-order chi connectivity index (χ1) is 18.0. The molecule has 9 heteroatoms. The Morgan fingerprint density at radius 2 is 1.86 bits per heavy atom. The van der Waals surface area contributed by atoms with Crippen molar-refractivity contribution in [2.45, 2.75) is 37.9 Å². The first kappa shape index (κ1) is 23.9. The van der Waals surface area contributed by atoms with Gasteiger partial charge in [-0.15, -0.1) is 0 Å². The molecule has 2 bridgehead atoms. The number of carbonyl (C=O) groups is 1. The van der Waals surface area contributed by atoms with E-state index in [9.17, 15) is 9.18 Å². The minimum Gasteiger partial charge on any atom is -0.481 e. The van der Waals surface area contributed by atoms with E-state index in [4.69, 9.17) is 21.3 Å². The molecule has 3 aliphatic heterocycles. The first-order valence-corrected chi connectivity index (χ1v) is 12.9. The maximum atomic E-state index is 14.6. The number of hydrogen-bond donors (Lipinski definition) is 0. The van der Waals surface area contributed by atoms with Crippen molar-refractivity contribution in [3.8, 4) is 17.1 Å². The van der Waals surface area contributed by atoms with Gasteiger partial charge in [0.15, 0.2) is 11.5 Å². The number of pyridine rings is 2. The third kappa shape index (κ3) is 4.45. The van der Waals surface area contributed by atoms with Gasteiger partial charge >= 0.3 is 0 Å². The van der Waals surface area contributed by atoms with Crippen LogP contribution in [0.5, 0.6) is 5.88 Å². The van der Waals surface area contributed by atoms with Crippen molar-refractivity contribution in [1.82, 2.24) is 24.2 Å². The highest BCUT2D eigenvalue weighted by atomic mass is 35.5. The van der Waals surface area contributed by atoms with Crippen molar-refractivity contribution in [2.75, 3.05) is 20.2 Å². The zero-order valence-corrected chi connectivity index (χ0v) is 21.2. The molecule has 0 saturated carbocycles. The average molecular weight is 520 g/mol. The molecule has 0 N–H and O–H groups in total. The molecule has 0 unspecified atom stereocenters. The van der Waals surface area contributed by atoms with Crippen LogP contribution < -0.4 is 4.74 Å². The Kier molecular flexibility index (Phi) is 6.30. The summed E-state index contributed by atoms with van der Waals surface area (Å²) in [5.74, 6) is -0.764. The standard InChI is InChI=1S/C28H27ClFN5O2/c1-37-25-12-11-22(30)27(32-25)28(36)35-16-21-10-9-20(35)13-15-33(21)17-23-26(18-5-7-19(29)8-6-18)31-24-4-2-3-14-34(23)24/h2-8,11-12,14,20-21H,9-10,13,15-17H2,1H3/t20-,21-/m0/s1. The summed E-state index contributed by atoms with van der Waals surface area (Å²) < 4.78 is 21.8. The normalized spacial score (nSPS) is 19.8. The molecular formula is C28H27ClFN5O2. The fraction of sp³-hybridized carbons (Fsp3) is 0.321. The molecule has 0 spiro atoms. The van der Waals surface area contributed by atoms with Crippen LogP contribution in [0.1, 0.15) is 35.4 Å². The summed E-state index contributed by atoms with van der Waals surface area (Å²) in [7, 11) is 1.46. The van der Waals surface area contributed by atoms with Crippen LogP contribution in [0, 0.1) is 5.82 Å². The lowest BCUT2D eigenvalue weighted by Gasteiger charge is -2.38. The number of fused-ring (bicyclic) bond motifs is 5. The fourth-order valence-electron chi connectivity index (χ4n) is 5.61. The number of benzene rings is 1. The second kappa shape index (κ2) is 9.76. The third-order valence-corrected chi connectivity index (χ3v) is 7.79. The van der Waals surface area contributed by atoms with Gasteiger partial charge < -0.3 is 14.0 Å². The molecular weight excluding hydrogens is 493 g/mol. The van der Waals surface area contributed by atoms with Crippen LogP contribution in [0.15, 0.2) is 60.8 Å². The second-order valence-corrected chi connectivity index (χ2v) is 10.1. The van der Waals surface area contributed by atoms with E-state index in [2.05, 4.69) is 14.3 Å². The van der Waals surface area contributed by atoms with Crippen LogP contribution in [-0.4, -0.2) is 62.4 Å². The van der Waals surface area contributed by atoms with E-state index in [0.29, 0.717) is 18.1 Å². The zero-order valence-electron chi connectivity index (χ0n) is 20.5. The number of ether oxygens (including phenoxy) is 1. The smallest absolute Gasteiger partial charge is 0.275 e.